The van der Waals surface area contributed by atoms with E-state index in [0.29, 0.717) is 17.7 Å². The summed E-state index contributed by atoms with van der Waals surface area (Å²) in [6.07, 6.45) is 6.05. The molecule has 132 valence electrons. The summed E-state index contributed by atoms with van der Waals surface area (Å²) in [7, 11) is 0. The van der Waals surface area contributed by atoms with Crippen LogP contribution >= 0.6 is 0 Å². The second kappa shape index (κ2) is 8.83. The zero-order valence-electron chi connectivity index (χ0n) is 14.5. The van der Waals surface area contributed by atoms with Gasteiger partial charge in [0.1, 0.15) is 6.10 Å². The highest BCUT2D eigenvalue weighted by Gasteiger charge is 2.23. The van der Waals surface area contributed by atoms with E-state index in [1.165, 1.54) is 19.3 Å². The number of hydrogen-bond acceptors (Lipinski definition) is 3. The number of nitrogens with one attached hydrogen (secondary N) is 1. The van der Waals surface area contributed by atoms with Gasteiger partial charge in [-0.2, -0.15) is 0 Å². The van der Waals surface area contributed by atoms with Gasteiger partial charge in [-0.3, -0.25) is 9.59 Å². The van der Waals surface area contributed by atoms with Crippen molar-refractivity contribution in [1.29, 1.82) is 0 Å². The second-order valence-corrected chi connectivity index (χ2v) is 6.46. The fraction of sp³-hybridized carbons (Fsp3) is 0.579. The largest absolute Gasteiger partial charge is 0.481 e. The fourth-order valence-electron chi connectivity index (χ4n) is 3.00. The Morgan fingerprint density at radius 2 is 1.83 bits per heavy atom. The zero-order valence-corrected chi connectivity index (χ0v) is 14.5. The lowest BCUT2D eigenvalue weighted by Crippen LogP contribution is -2.34. The molecule has 1 aromatic rings. The Hall–Kier alpha value is -1.88. The average Bonchev–Trinajstić information content (AvgIpc) is 2.60. The average molecular weight is 333 g/mol. The Bertz CT molecular complexity index is 549. The summed E-state index contributed by atoms with van der Waals surface area (Å²) in [5.41, 5.74) is 1.37. The van der Waals surface area contributed by atoms with Crippen molar-refractivity contribution in [3.05, 3.63) is 29.8 Å². The SMILES string of the molecule is CCC(OC1CCCCC1)C(=O)Nc1ccc(C(C)C(=O)O)cc1. The molecule has 1 aromatic carbocycles. The molecular formula is C19H27NO4. The Morgan fingerprint density at radius 1 is 1.21 bits per heavy atom. The summed E-state index contributed by atoms with van der Waals surface area (Å²) < 4.78 is 5.98. The molecule has 1 fully saturated rings. The summed E-state index contributed by atoms with van der Waals surface area (Å²) in [6, 6.07) is 6.94. The molecule has 0 heterocycles. The van der Waals surface area contributed by atoms with Crippen LogP contribution in [0.5, 0.6) is 0 Å². The molecule has 0 aliphatic heterocycles. The summed E-state index contributed by atoms with van der Waals surface area (Å²) in [4.78, 5) is 23.4. The van der Waals surface area contributed by atoms with E-state index < -0.39 is 18.0 Å². The van der Waals surface area contributed by atoms with Gasteiger partial charge in [0.15, 0.2) is 0 Å². The van der Waals surface area contributed by atoms with Crippen molar-refractivity contribution in [2.24, 2.45) is 0 Å². The summed E-state index contributed by atoms with van der Waals surface area (Å²) in [5.74, 6) is -1.56. The molecule has 24 heavy (non-hydrogen) atoms. The number of carbonyl (C=O) groups excluding carboxylic acids is 1. The molecular weight excluding hydrogens is 306 g/mol. The van der Waals surface area contributed by atoms with Gasteiger partial charge in [-0.15, -0.1) is 0 Å². The Kier molecular flexibility index (Phi) is 6.79. The van der Waals surface area contributed by atoms with Gasteiger partial charge in [0.2, 0.25) is 0 Å². The van der Waals surface area contributed by atoms with Crippen LogP contribution in [0.25, 0.3) is 0 Å². The van der Waals surface area contributed by atoms with Crippen molar-refractivity contribution in [3.63, 3.8) is 0 Å². The number of amides is 1. The number of carbonyl (C=O) groups is 2. The first-order valence-electron chi connectivity index (χ1n) is 8.80. The first-order chi connectivity index (χ1) is 11.5. The molecule has 1 amide bonds. The Labute approximate surface area is 143 Å². The second-order valence-electron chi connectivity index (χ2n) is 6.46. The number of carboxylic acid groups (broad SMARTS) is 1. The molecule has 5 nitrogen and oxygen atoms in total. The smallest absolute Gasteiger partial charge is 0.310 e. The lowest BCUT2D eigenvalue weighted by molar-refractivity contribution is -0.138. The summed E-state index contributed by atoms with van der Waals surface area (Å²) in [5, 5.41) is 11.9. The van der Waals surface area contributed by atoms with E-state index in [0.717, 1.165) is 12.8 Å². The molecule has 1 saturated carbocycles. The van der Waals surface area contributed by atoms with Crippen molar-refractivity contribution in [2.45, 2.75) is 70.5 Å². The van der Waals surface area contributed by atoms with Gasteiger partial charge >= 0.3 is 5.97 Å². The first kappa shape index (κ1) is 18.5. The third-order valence-corrected chi connectivity index (χ3v) is 4.62. The lowest BCUT2D eigenvalue weighted by Gasteiger charge is -2.26. The maximum absolute atomic E-state index is 12.4. The van der Waals surface area contributed by atoms with Crippen LogP contribution in [0.3, 0.4) is 0 Å². The van der Waals surface area contributed by atoms with Crippen molar-refractivity contribution in [3.8, 4) is 0 Å². The van der Waals surface area contributed by atoms with Gasteiger partial charge in [0.05, 0.1) is 12.0 Å². The molecule has 0 radical (unpaired) electrons. The molecule has 0 bridgehead atoms. The highest BCUT2D eigenvalue weighted by Crippen LogP contribution is 2.23. The van der Waals surface area contributed by atoms with Gasteiger partial charge in [-0.25, -0.2) is 0 Å². The topological polar surface area (TPSA) is 75.6 Å². The summed E-state index contributed by atoms with van der Waals surface area (Å²) in [6.45, 7) is 3.59. The van der Waals surface area contributed by atoms with Crippen LogP contribution in [-0.2, 0) is 14.3 Å². The normalized spacial score (nSPS) is 17.9. The third kappa shape index (κ3) is 5.06. The number of carboxylic acids is 1. The molecule has 2 N–H and O–H groups in total. The van der Waals surface area contributed by atoms with E-state index >= 15 is 0 Å². The number of benzene rings is 1. The molecule has 2 unspecified atom stereocenters. The molecule has 0 spiro atoms. The van der Waals surface area contributed by atoms with Gasteiger partial charge in [0.25, 0.3) is 5.91 Å². The van der Waals surface area contributed by atoms with Crippen LogP contribution in [0.15, 0.2) is 24.3 Å². The van der Waals surface area contributed by atoms with Crippen molar-refractivity contribution in [1.82, 2.24) is 0 Å². The van der Waals surface area contributed by atoms with Gasteiger partial charge in [-0.05, 0) is 43.9 Å². The van der Waals surface area contributed by atoms with Crippen LogP contribution in [0.4, 0.5) is 5.69 Å². The van der Waals surface area contributed by atoms with Crippen LogP contribution < -0.4 is 5.32 Å². The predicted octanol–water partition coefficient (Wildman–Crippen LogP) is 3.94. The maximum Gasteiger partial charge on any atom is 0.310 e. The molecule has 0 aromatic heterocycles. The Balaban J connectivity index is 1.92. The first-order valence-corrected chi connectivity index (χ1v) is 8.80. The molecule has 2 rings (SSSR count). The van der Waals surface area contributed by atoms with E-state index in [1.54, 1.807) is 31.2 Å². The number of ether oxygens (including phenoxy) is 1. The van der Waals surface area contributed by atoms with Crippen LogP contribution in [-0.4, -0.2) is 29.2 Å². The molecule has 2 atom stereocenters. The standard InChI is InChI=1S/C19H27NO4/c1-3-17(24-16-7-5-4-6-8-16)18(21)20-15-11-9-14(10-12-15)13(2)19(22)23/h9-13,16-17H,3-8H2,1-2H3,(H,20,21)(H,22,23). The van der Waals surface area contributed by atoms with Gasteiger partial charge < -0.3 is 15.2 Å². The minimum atomic E-state index is -0.862. The third-order valence-electron chi connectivity index (χ3n) is 4.62. The van der Waals surface area contributed by atoms with Crippen molar-refractivity contribution in [2.75, 3.05) is 5.32 Å². The van der Waals surface area contributed by atoms with Crippen molar-refractivity contribution < 1.29 is 19.4 Å². The van der Waals surface area contributed by atoms with E-state index in [-0.39, 0.29) is 12.0 Å². The molecule has 0 saturated heterocycles. The monoisotopic (exact) mass is 333 g/mol. The Morgan fingerprint density at radius 3 is 2.38 bits per heavy atom. The minimum Gasteiger partial charge on any atom is -0.481 e. The van der Waals surface area contributed by atoms with Crippen LogP contribution in [0.2, 0.25) is 0 Å². The fourth-order valence-corrected chi connectivity index (χ4v) is 3.00. The van der Waals surface area contributed by atoms with Crippen LogP contribution in [0.1, 0.15) is 63.9 Å². The number of aliphatic carboxylic acids is 1. The zero-order chi connectivity index (χ0) is 17.5. The minimum absolute atomic E-state index is 0.137. The van der Waals surface area contributed by atoms with E-state index in [4.69, 9.17) is 9.84 Å². The van der Waals surface area contributed by atoms with Gasteiger partial charge in [-0.1, -0.05) is 38.3 Å². The van der Waals surface area contributed by atoms with E-state index in [9.17, 15) is 9.59 Å². The quantitative estimate of drug-likeness (QED) is 0.792. The van der Waals surface area contributed by atoms with E-state index in [1.807, 2.05) is 6.92 Å². The molecule has 1 aliphatic rings. The predicted molar refractivity (Wildman–Crippen MR) is 93.2 cm³/mol. The lowest BCUT2D eigenvalue weighted by atomic mass is 9.97. The maximum atomic E-state index is 12.4. The van der Waals surface area contributed by atoms with E-state index in [2.05, 4.69) is 5.32 Å². The van der Waals surface area contributed by atoms with Gasteiger partial charge in [0, 0.05) is 5.69 Å². The highest BCUT2D eigenvalue weighted by molar-refractivity contribution is 5.94. The summed E-state index contributed by atoms with van der Waals surface area (Å²) >= 11 is 0. The number of anilines is 1. The molecule has 5 heteroatoms. The number of hydrogen-bond donors (Lipinski definition) is 2. The number of rotatable bonds is 7. The van der Waals surface area contributed by atoms with Crippen LogP contribution in [0, 0.1) is 0 Å². The highest BCUT2D eigenvalue weighted by atomic mass is 16.5. The molecule has 1 aliphatic carbocycles. The van der Waals surface area contributed by atoms with Crippen molar-refractivity contribution >= 4 is 17.6 Å².